The van der Waals surface area contributed by atoms with Gasteiger partial charge in [-0.1, -0.05) is 38.3 Å². The van der Waals surface area contributed by atoms with Gasteiger partial charge in [-0.15, -0.1) is 0 Å². The zero-order valence-electron chi connectivity index (χ0n) is 9.95. The average molecular weight is 259 g/mol. The van der Waals surface area contributed by atoms with Crippen molar-refractivity contribution in [1.82, 2.24) is 0 Å². The minimum atomic E-state index is -3.43. The van der Waals surface area contributed by atoms with Crippen LogP contribution in [0.1, 0.15) is 32.6 Å². The van der Waals surface area contributed by atoms with Crippen molar-refractivity contribution in [2.75, 3.05) is 10.5 Å². The number of benzene rings is 1. The Balaban J connectivity index is 2.52. The summed E-state index contributed by atoms with van der Waals surface area (Å²) in [5.74, 6) is -0.508. The van der Waals surface area contributed by atoms with E-state index in [0.29, 0.717) is 6.42 Å². The molecule has 0 aliphatic carbocycles. The number of halogens is 1. The van der Waals surface area contributed by atoms with E-state index in [2.05, 4.69) is 11.6 Å². The second-order valence-corrected chi connectivity index (χ2v) is 5.80. The topological polar surface area (TPSA) is 46.2 Å². The van der Waals surface area contributed by atoms with Crippen LogP contribution < -0.4 is 4.72 Å². The quantitative estimate of drug-likeness (QED) is 0.765. The highest BCUT2D eigenvalue weighted by Gasteiger charge is 2.12. The average Bonchev–Trinajstić information content (AvgIpc) is 2.28. The van der Waals surface area contributed by atoms with Gasteiger partial charge in [0, 0.05) is 0 Å². The molecule has 96 valence electrons. The van der Waals surface area contributed by atoms with E-state index in [1.54, 1.807) is 6.07 Å². The molecule has 0 aliphatic rings. The van der Waals surface area contributed by atoms with Crippen LogP contribution in [0, 0.1) is 5.82 Å². The predicted octanol–water partition coefficient (Wildman–Crippen LogP) is 3.15. The summed E-state index contributed by atoms with van der Waals surface area (Å²) in [6.45, 7) is 2.06. The molecule has 0 fully saturated rings. The number of hydrogen-bond acceptors (Lipinski definition) is 2. The normalized spacial score (nSPS) is 11.4. The summed E-state index contributed by atoms with van der Waals surface area (Å²) in [5.41, 5.74) is 0.0167. The molecular weight excluding hydrogens is 241 g/mol. The SMILES string of the molecule is CCCCCCS(=O)(=O)Nc1ccccc1F. The number of hydrogen-bond donors (Lipinski definition) is 1. The molecule has 1 aromatic carbocycles. The number of unbranched alkanes of at least 4 members (excludes halogenated alkanes) is 3. The molecule has 0 aliphatic heterocycles. The largest absolute Gasteiger partial charge is 0.281 e. The fourth-order valence-corrected chi connectivity index (χ4v) is 2.67. The molecule has 0 amide bonds. The predicted molar refractivity (Wildman–Crippen MR) is 68.0 cm³/mol. The molecule has 0 spiro atoms. The lowest BCUT2D eigenvalue weighted by molar-refractivity contribution is 0.592. The smallest absolute Gasteiger partial charge is 0.232 e. The molecule has 0 heterocycles. The molecule has 0 saturated heterocycles. The van der Waals surface area contributed by atoms with Gasteiger partial charge in [-0.05, 0) is 18.6 Å². The van der Waals surface area contributed by atoms with E-state index >= 15 is 0 Å². The van der Waals surface area contributed by atoms with Gasteiger partial charge >= 0.3 is 0 Å². The van der Waals surface area contributed by atoms with Crippen molar-refractivity contribution in [1.29, 1.82) is 0 Å². The van der Waals surface area contributed by atoms with Gasteiger partial charge in [-0.25, -0.2) is 12.8 Å². The summed E-state index contributed by atoms with van der Waals surface area (Å²) in [6, 6.07) is 5.76. The molecule has 0 bridgehead atoms. The lowest BCUT2D eigenvalue weighted by atomic mass is 10.2. The maximum atomic E-state index is 13.2. The van der Waals surface area contributed by atoms with Crippen LogP contribution in [0.15, 0.2) is 24.3 Å². The standard InChI is InChI=1S/C12H18FNO2S/c1-2-3-4-7-10-17(15,16)14-12-9-6-5-8-11(12)13/h5-6,8-9,14H,2-4,7,10H2,1H3. The van der Waals surface area contributed by atoms with E-state index in [9.17, 15) is 12.8 Å². The first kappa shape index (κ1) is 14.0. The van der Waals surface area contributed by atoms with E-state index in [-0.39, 0.29) is 11.4 Å². The van der Waals surface area contributed by atoms with E-state index in [1.807, 2.05) is 0 Å². The maximum Gasteiger partial charge on any atom is 0.232 e. The molecule has 0 atom stereocenters. The van der Waals surface area contributed by atoms with E-state index in [0.717, 1.165) is 19.3 Å². The Labute approximate surface area is 102 Å². The molecular formula is C12H18FNO2S. The van der Waals surface area contributed by atoms with Crippen LogP contribution in [0.2, 0.25) is 0 Å². The van der Waals surface area contributed by atoms with E-state index in [1.165, 1.54) is 18.2 Å². The number of rotatable bonds is 7. The van der Waals surface area contributed by atoms with E-state index < -0.39 is 15.8 Å². The number of anilines is 1. The molecule has 1 aromatic rings. The molecule has 0 unspecified atom stereocenters. The molecule has 5 heteroatoms. The Morgan fingerprint density at radius 1 is 1.18 bits per heavy atom. The highest BCUT2D eigenvalue weighted by molar-refractivity contribution is 7.92. The van der Waals surface area contributed by atoms with Gasteiger partial charge in [0.05, 0.1) is 11.4 Å². The van der Waals surface area contributed by atoms with Crippen LogP contribution >= 0.6 is 0 Å². The summed E-state index contributed by atoms with van der Waals surface area (Å²) in [6.07, 6.45) is 3.57. The zero-order chi connectivity index (χ0) is 12.7. The van der Waals surface area contributed by atoms with Crippen molar-refractivity contribution in [2.45, 2.75) is 32.6 Å². The van der Waals surface area contributed by atoms with Crippen molar-refractivity contribution in [3.05, 3.63) is 30.1 Å². The minimum absolute atomic E-state index is 0.0167. The van der Waals surface area contributed by atoms with Crippen LogP contribution in [0.3, 0.4) is 0 Å². The summed E-state index contributed by atoms with van der Waals surface area (Å²) >= 11 is 0. The summed E-state index contributed by atoms with van der Waals surface area (Å²) in [5, 5.41) is 0. The summed E-state index contributed by atoms with van der Waals surface area (Å²) in [4.78, 5) is 0. The maximum absolute atomic E-state index is 13.2. The second kappa shape index (κ2) is 6.59. The highest BCUT2D eigenvalue weighted by Crippen LogP contribution is 2.15. The number of nitrogens with one attached hydrogen (secondary N) is 1. The Bertz CT molecular complexity index is 446. The third kappa shape index (κ3) is 5.17. The highest BCUT2D eigenvalue weighted by atomic mass is 32.2. The lowest BCUT2D eigenvalue weighted by Crippen LogP contribution is -2.17. The molecule has 1 N–H and O–H groups in total. The van der Waals surface area contributed by atoms with Crippen LogP contribution in [0.5, 0.6) is 0 Å². The molecule has 0 saturated carbocycles. The second-order valence-electron chi connectivity index (χ2n) is 3.96. The van der Waals surface area contributed by atoms with Gasteiger partial charge in [0.25, 0.3) is 0 Å². The number of sulfonamides is 1. The van der Waals surface area contributed by atoms with Crippen molar-refractivity contribution in [2.24, 2.45) is 0 Å². The van der Waals surface area contributed by atoms with Crippen LogP contribution in [0.25, 0.3) is 0 Å². The van der Waals surface area contributed by atoms with Gasteiger partial charge in [0.2, 0.25) is 10.0 Å². The molecule has 0 aromatic heterocycles. The van der Waals surface area contributed by atoms with Gasteiger partial charge in [0.1, 0.15) is 5.82 Å². The van der Waals surface area contributed by atoms with Gasteiger partial charge in [-0.2, -0.15) is 0 Å². The Morgan fingerprint density at radius 2 is 1.88 bits per heavy atom. The van der Waals surface area contributed by atoms with Crippen LogP contribution in [-0.4, -0.2) is 14.2 Å². The Morgan fingerprint density at radius 3 is 2.53 bits per heavy atom. The fourth-order valence-electron chi connectivity index (χ4n) is 1.48. The van der Waals surface area contributed by atoms with Crippen LogP contribution in [-0.2, 0) is 10.0 Å². The first-order chi connectivity index (χ1) is 8.05. The third-order valence-electron chi connectivity index (χ3n) is 2.41. The third-order valence-corrected chi connectivity index (χ3v) is 3.76. The zero-order valence-corrected chi connectivity index (χ0v) is 10.8. The summed E-state index contributed by atoms with van der Waals surface area (Å²) in [7, 11) is -3.43. The Kier molecular flexibility index (Phi) is 5.41. The summed E-state index contributed by atoms with van der Waals surface area (Å²) < 4.78 is 38.8. The van der Waals surface area contributed by atoms with Crippen molar-refractivity contribution < 1.29 is 12.8 Å². The first-order valence-corrected chi connectivity index (χ1v) is 7.45. The molecule has 3 nitrogen and oxygen atoms in total. The van der Waals surface area contributed by atoms with Crippen molar-refractivity contribution >= 4 is 15.7 Å². The van der Waals surface area contributed by atoms with E-state index in [4.69, 9.17) is 0 Å². The monoisotopic (exact) mass is 259 g/mol. The van der Waals surface area contributed by atoms with Crippen LogP contribution in [0.4, 0.5) is 10.1 Å². The number of para-hydroxylation sites is 1. The minimum Gasteiger partial charge on any atom is -0.281 e. The fraction of sp³-hybridized carbons (Fsp3) is 0.500. The van der Waals surface area contributed by atoms with Crippen molar-refractivity contribution in [3.63, 3.8) is 0 Å². The van der Waals surface area contributed by atoms with Gasteiger partial charge in [-0.3, -0.25) is 4.72 Å². The van der Waals surface area contributed by atoms with Gasteiger partial charge < -0.3 is 0 Å². The molecule has 0 radical (unpaired) electrons. The van der Waals surface area contributed by atoms with Gasteiger partial charge in [0.15, 0.2) is 0 Å². The van der Waals surface area contributed by atoms with Crippen molar-refractivity contribution in [3.8, 4) is 0 Å². The first-order valence-electron chi connectivity index (χ1n) is 5.80. The molecule has 1 rings (SSSR count). The molecule has 17 heavy (non-hydrogen) atoms. The lowest BCUT2D eigenvalue weighted by Gasteiger charge is -2.08. The Hall–Kier alpha value is -1.10.